The summed E-state index contributed by atoms with van der Waals surface area (Å²) in [7, 11) is 2.16. The van der Waals surface area contributed by atoms with Crippen LogP contribution in [0.25, 0.3) is 42.3 Å². The van der Waals surface area contributed by atoms with E-state index in [2.05, 4.69) is 147 Å². The number of likely N-dealkylation sites (N-methyl/N-ethyl adjacent to an activating group) is 1. The number of piperazine rings is 1. The van der Waals surface area contributed by atoms with E-state index >= 15 is 0 Å². The monoisotopic (exact) mass is 1900 g/mol. The lowest BCUT2D eigenvalue weighted by Gasteiger charge is -2.32. The van der Waals surface area contributed by atoms with Gasteiger partial charge in [-0.25, -0.2) is 79.7 Å². The summed E-state index contributed by atoms with van der Waals surface area (Å²) in [5.74, 6) is 5.25. The molecule has 14 N–H and O–H groups in total. The van der Waals surface area contributed by atoms with Crippen LogP contribution in [0.2, 0.25) is 0 Å². The Labute approximate surface area is 788 Å². The topological polar surface area (TPSA) is 441 Å². The predicted octanol–water partition coefficient (Wildman–Crippen LogP) is 16.2. The number of nitrogen functional groups attached to an aromatic ring is 7. The lowest BCUT2D eigenvalue weighted by molar-refractivity contribution is 0.132. The summed E-state index contributed by atoms with van der Waals surface area (Å²) in [5.41, 5.74) is 49.6. The third-order valence-electron chi connectivity index (χ3n) is 21.6. The maximum atomic E-state index is 5.95. The maximum Gasteiger partial charge on any atom is 0.213 e. The fourth-order valence-corrected chi connectivity index (χ4v) is 23.1. The second kappa shape index (κ2) is 48.0. The zero-order chi connectivity index (χ0) is 90.9. The van der Waals surface area contributed by atoms with Crippen molar-refractivity contribution in [3.05, 3.63) is 146 Å². The van der Waals surface area contributed by atoms with Crippen LogP contribution in [0.1, 0.15) is 154 Å². The van der Waals surface area contributed by atoms with E-state index in [0.717, 1.165) is 138 Å². The number of rotatable bonds is 32. The van der Waals surface area contributed by atoms with E-state index < -0.39 is 0 Å². The Morgan fingerprint density at radius 1 is 0.302 bits per heavy atom. The fraction of sp³-hybridized carbons (Fsp3) is 0.461. The van der Waals surface area contributed by atoms with Crippen molar-refractivity contribution in [2.45, 2.75) is 162 Å². The maximum absolute atomic E-state index is 5.95. The number of likely N-dealkylation sites (tertiary alicyclic amines) is 3. The molecule has 16 heterocycles. The molecule has 4 atom stereocenters. The van der Waals surface area contributed by atoms with Crippen molar-refractivity contribution in [2.24, 2.45) is 0 Å². The fourth-order valence-electron chi connectivity index (χ4n) is 14.9. The van der Waals surface area contributed by atoms with Gasteiger partial charge in [0.15, 0.2) is 20.6 Å². The van der Waals surface area contributed by atoms with Crippen molar-refractivity contribution in [2.75, 3.05) is 165 Å². The molecule has 0 aromatic carbocycles. The quantitative estimate of drug-likeness (QED) is 0.0152. The van der Waals surface area contributed by atoms with Gasteiger partial charge in [0.2, 0.25) is 23.5 Å². The SMILES string of the molecule is Cc1cc(N)nc(S[C@H](C)c2nc(-c3ccnc(OCCN4CCCCC4)c3)sc2C)n1.Cc1sc(-c2ccnc(OCCN3CCCCC3)c2)nc1[C@@H](C)Sc1nc(N)cc(N)n1.Cc1sc(-c2ccnc(OCCN3CCCCC3)c2)nc1[C@@H](C)Sc1nc(N)cc(N)n1.Cc1sc(-c2ccnc(OCCN3CCN(C)CC3)c2)nc1[C@@H](C)Sc1nc(N)cc(N)n1. The molecular weight excluding hydrogens is 1780 g/mol. The normalized spacial score (nSPS) is 15.7. The average Bonchev–Trinajstić information content (AvgIpc) is 1.69. The number of aromatic nitrogens is 16. The highest BCUT2D eigenvalue weighted by Crippen LogP contribution is 2.44. The van der Waals surface area contributed by atoms with Gasteiger partial charge < -0.3 is 64.0 Å². The van der Waals surface area contributed by atoms with E-state index in [9.17, 15) is 0 Å². The first kappa shape index (κ1) is 97.0. The van der Waals surface area contributed by atoms with Crippen LogP contribution in [-0.2, 0) is 0 Å². The second-order valence-electron chi connectivity index (χ2n) is 31.9. The third kappa shape index (κ3) is 29.7. The minimum Gasteiger partial charge on any atom is -0.476 e. The molecule has 0 bridgehead atoms. The van der Waals surface area contributed by atoms with E-state index in [-0.39, 0.29) is 21.0 Å². The van der Waals surface area contributed by atoms with Gasteiger partial charge in [-0.2, -0.15) is 0 Å². The molecule has 12 aromatic rings. The van der Waals surface area contributed by atoms with Crippen LogP contribution < -0.4 is 59.1 Å². The molecule has 4 fully saturated rings. The molecule has 0 saturated carbocycles. The molecular formula is C89H118N28O4S8. The molecule has 0 radical (unpaired) electrons. The zero-order valence-electron chi connectivity index (χ0n) is 75.0. The first-order valence-electron chi connectivity index (χ1n) is 43.6. The van der Waals surface area contributed by atoms with Gasteiger partial charge in [0.25, 0.3) is 0 Å². The minimum atomic E-state index is 0.0531. The number of piperidine rings is 3. The molecule has 0 spiro atoms. The summed E-state index contributed by atoms with van der Waals surface area (Å²) in [6.45, 7) is 36.4. The summed E-state index contributed by atoms with van der Waals surface area (Å²) >= 11 is 12.7. The van der Waals surface area contributed by atoms with Crippen LogP contribution in [0.5, 0.6) is 23.5 Å². The molecule has 0 amide bonds. The lowest BCUT2D eigenvalue weighted by Crippen LogP contribution is -2.45. The van der Waals surface area contributed by atoms with E-state index in [1.807, 2.05) is 55.5 Å². The number of thioether (sulfide) groups is 4. The first-order valence-corrected chi connectivity index (χ1v) is 50.4. The van der Waals surface area contributed by atoms with E-state index in [1.165, 1.54) is 137 Å². The highest BCUT2D eigenvalue weighted by atomic mass is 32.2. The highest BCUT2D eigenvalue weighted by Gasteiger charge is 2.26. The Kier molecular flexibility index (Phi) is 36.1. The van der Waals surface area contributed by atoms with Gasteiger partial charge in [-0.05, 0) is 171 Å². The van der Waals surface area contributed by atoms with Crippen molar-refractivity contribution in [3.63, 3.8) is 0 Å². The number of nitrogens with zero attached hydrogens (tertiary/aromatic N) is 21. The van der Waals surface area contributed by atoms with Crippen molar-refractivity contribution in [1.82, 2.24) is 104 Å². The van der Waals surface area contributed by atoms with E-state index in [1.54, 1.807) is 106 Å². The molecule has 4 aliphatic heterocycles. The van der Waals surface area contributed by atoms with Gasteiger partial charge in [-0.15, -0.1) is 45.3 Å². The van der Waals surface area contributed by atoms with Crippen LogP contribution >= 0.6 is 92.4 Å². The summed E-state index contributed by atoms with van der Waals surface area (Å²) in [5, 5.41) is 6.42. The number of ether oxygens (including phenoxy) is 4. The first-order chi connectivity index (χ1) is 62.3. The van der Waals surface area contributed by atoms with Crippen molar-refractivity contribution in [3.8, 4) is 65.8 Å². The Morgan fingerprint density at radius 2 is 0.535 bits per heavy atom. The van der Waals surface area contributed by atoms with Gasteiger partial charge in [0, 0.05) is 173 Å². The molecule has 4 saturated heterocycles. The van der Waals surface area contributed by atoms with Crippen LogP contribution in [-0.4, -0.2) is 229 Å². The Balaban J connectivity index is 0.000000147. The molecule has 40 heteroatoms. The molecule has 0 unspecified atom stereocenters. The highest BCUT2D eigenvalue weighted by molar-refractivity contribution is 8.00. The number of pyridine rings is 4. The molecule has 16 rings (SSSR count). The van der Waals surface area contributed by atoms with Crippen molar-refractivity contribution >= 4 is 133 Å². The largest absolute Gasteiger partial charge is 0.476 e. The van der Waals surface area contributed by atoms with Crippen LogP contribution in [0.15, 0.2) is 118 Å². The number of thiazole rings is 4. The number of hydrogen-bond donors (Lipinski definition) is 7. The van der Waals surface area contributed by atoms with E-state index in [0.29, 0.717) is 111 Å². The number of anilines is 7. The number of aryl methyl sites for hydroxylation is 5. The van der Waals surface area contributed by atoms with Gasteiger partial charge in [-0.3, -0.25) is 19.6 Å². The van der Waals surface area contributed by atoms with Gasteiger partial charge >= 0.3 is 0 Å². The average molecular weight is 1900 g/mol. The number of hydrogen-bond acceptors (Lipinski definition) is 40. The molecule has 4 aliphatic rings. The minimum absolute atomic E-state index is 0.0531. The molecule has 0 aliphatic carbocycles. The van der Waals surface area contributed by atoms with Gasteiger partial charge in [0.05, 0.1) is 43.8 Å². The summed E-state index contributed by atoms with van der Waals surface area (Å²) in [6, 6.07) is 22.2. The third-order valence-corrected chi connectivity index (χ3v) is 29.6. The van der Waals surface area contributed by atoms with Crippen LogP contribution in [0.4, 0.5) is 40.7 Å². The Hall–Kier alpha value is -9.56. The number of nitrogens with two attached hydrogens (primary N) is 7. The Bertz CT molecular complexity index is 5110. The standard InChI is InChI=1S/C23H30N6OS2.C22H30N8OS2.2C22H29N7OS2/c1-15-13-19(24)27-23(26-15)32-17(3)21-16(2)31-22(28-21)18-7-8-25-20(14-18)30-12-11-29-9-5-4-6-10-29;1-14-20(15(2)33-22-26-17(23)13-18(24)27-22)28-21(32-14)16-4-5-25-19(12-16)31-11-10-30-8-6-29(3)7-9-30;2*1-14-20(15(2)32-22-26-17(23)13-18(24)27-22)28-21(31-14)16-6-7-25-19(12-16)30-11-10-29-8-4-3-5-9-29/h7-8,13-14,17H,4-6,9-12H2,1-3H3,(H2,24,26,27);4-5,12-13,15H,6-11H2,1-3H3,(H4,23,24,26,27);2*6-7,12-13,15H,3-5,8-11H2,1-2H3,(H4,23,24,26,27)/t17-;3*15-/m1111/s1. The van der Waals surface area contributed by atoms with Crippen LogP contribution in [0.3, 0.4) is 0 Å². The molecule has 686 valence electrons. The molecule has 129 heavy (non-hydrogen) atoms. The van der Waals surface area contributed by atoms with Gasteiger partial charge in [-0.1, -0.05) is 66.3 Å². The molecule has 12 aromatic heterocycles. The predicted molar refractivity (Wildman–Crippen MR) is 528 cm³/mol. The zero-order valence-corrected chi connectivity index (χ0v) is 81.5. The lowest BCUT2D eigenvalue weighted by atomic mass is 10.1. The summed E-state index contributed by atoms with van der Waals surface area (Å²) < 4.78 is 23.8. The van der Waals surface area contributed by atoms with E-state index in [4.69, 9.17) is 79.0 Å². The van der Waals surface area contributed by atoms with Crippen molar-refractivity contribution < 1.29 is 18.9 Å². The van der Waals surface area contributed by atoms with Crippen molar-refractivity contribution in [1.29, 1.82) is 0 Å². The Morgan fingerprint density at radius 3 is 0.783 bits per heavy atom. The van der Waals surface area contributed by atoms with Crippen LogP contribution in [0, 0.1) is 34.6 Å². The smallest absolute Gasteiger partial charge is 0.213 e. The van der Waals surface area contributed by atoms with Gasteiger partial charge in [0.1, 0.15) is 87.2 Å². The summed E-state index contributed by atoms with van der Waals surface area (Å²) in [4.78, 5) is 88.4. The second-order valence-corrected chi connectivity index (χ2v) is 41.9. The molecule has 32 nitrogen and oxygen atoms in total. The summed E-state index contributed by atoms with van der Waals surface area (Å²) in [6.07, 6.45) is 18.9.